The Balaban J connectivity index is 2.01. The smallest absolute Gasteiger partial charge is 0.387 e. The number of alkyl halides is 2. The Morgan fingerprint density at radius 1 is 1.29 bits per heavy atom. The molecule has 0 bridgehead atoms. The zero-order chi connectivity index (χ0) is 12.3. The van der Waals surface area contributed by atoms with Crippen molar-refractivity contribution in [1.82, 2.24) is 0 Å². The van der Waals surface area contributed by atoms with Gasteiger partial charge in [0, 0.05) is 24.8 Å². The van der Waals surface area contributed by atoms with Crippen LogP contribution in [0.4, 0.5) is 14.5 Å². The molecule has 3 nitrogen and oxygen atoms in total. The highest BCUT2D eigenvalue weighted by Crippen LogP contribution is 2.23. The Morgan fingerprint density at radius 2 is 2.00 bits per heavy atom. The summed E-state index contributed by atoms with van der Waals surface area (Å²) < 4.78 is 28.3. The van der Waals surface area contributed by atoms with E-state index in [2.05, 4.69) is 9.64 Å². The van der Waals surface area contributed by atoms with Gasteiger partial charge < -0.3 is 15.4 Å². The summed E-state index contributed by atoms with van der Waals surface area (Å²) in [5.41, 5.74) is 6.89. The highest BCUT2D eigenvalue weighted by molar-refractivity contribution is 5.49. The number of anilines is 1. The fraction of sp³-hybridized carbons (Fsp3) is 0.500. The van der Waals surface area contributed by atoms with Gasteiger partial charge in [-0.3, -0.25) is 0 Å². The van der Waals surface area contributed by atoms with E-state index < -0.39 is 6.61 Å². The van der Waals surface area contributed by atoms with Crippen molar-refractivity contribution in [3.05, 3.63) is 24.3 Å². The van der Waals surface area contributed by atoms with Crippen LogP contribution in [0.1, 0.15) is 12.8 Å². The van der Waals surface area contributed by atoms with E-state index in [0.717, 1.165) is 31.6 Å². The molecular formula is C12H16F2N2O. The number of hydrogen-bond acceptors (Lipinski definition) is 3. The van der Waals surface area contributed by atoms with Crippen LogP contribution in [0.2, 0.25) is 0 Å². The number of ether oxygens (including phenoxy) is 1. The highest BCUT2D eigenvalue weighted by atomic mass is 19.3. The van der Waals surface area contributed by atoms with Crippen molar-refractivity contribution in [3.63, 3.8) is 0 Å². The topological polar surface area (TPSA) is 38.5 Å². The molecule has 0 aromatic heterocycles. The zero-order valence-corrected chi connectivity index (χ0v) is 9.48. The Hall–Kier alpha value is -1.36. The summed E-state index contributed by atoms with van der Waals surface area (Å²) in [7, 11) is 0. The summed E-state index contributed by atoms with van der Waals surface area (Å²) in [6.07, 6.45) is 2.11. The molecule has 1 aliphatic rings. The van der Waals surface area contributed by atoms with Crippen molar-refractivity contribution in [2.75, 3.05) is 18.0 Å². The van der Waals surface area contributed by atoms with Gasteiger partial charge in [0.25, 0.3) is 0 Å². The minimum Gasteiger partial charge on any atom is -0.435 e. The van der Waals surface area contributed by atoms with E-state index in [1.54, 1.807) is 24.3 Å². The van der Waals surface area contributed by atoms with Gasteiger partial charge in [0.2, 0.25) is 0 Å². The van der Waals surface area contributed by atoms with Gasteiger partial charge in [-0.05, 0) is 37.1 Å². The first kappa shape index (κ1) is 12.1. The quantitative estimate of drug-likeness (QED) is 0.883. The molecule has 0 radical (unpaired) electrons. The van der Waals surface area contributed by atoms with Crippen molar-refractivity contribution in [2.24, 2.45) is 5.73 Å². The number of halogens is 2. The highest BCUT2D eigenvalue weighted by Gasteiger charge is 2.16. The molecule has 1 fully saturated rings. The van der Waals surface area contributed by atoms with Gasteiger partial charge in [-0.1, -0.05) is 0 Å². The normalized spacial score (nSPS) is 20.7. The minimum absolute atomic E-state index is 0.185. The molecule has 1 aromatic rings. The van der Waals surface area contributed by atoms with Gasteiger partial charge in [0.05, 0.1) is 0 Å². The van der Waals surface area contributed by atoms with Crippen LogP contribution < -0.4 is 15.4 Å². The molecule has 1 aliphatic heterocycles. The van der Waals surface area contributed by atoms with Gasteiger partial charge in [-0.25, -0.2) is 0 Å². The molecular weight excluding hydrogens is 226 g/mol. The van der Waals surface area contributed by atoms with Gasteiger partial charge >= 0.3 is 6.61 Å². The predicted molar refractivity (Wildman–Crippen MR) is 62.5 cm³/mol. The van der Waals surface area contributed by atoms with E-state index >= 15 is 0 Å². The average Bonchev–Trinajstić information content (AvgIpc) is 2.29. The number of piperidine rings is 1. The third-order valence-electron chi connectivity index (χ3n) is 2.88. The maximum Gasteiger partial charge on any atom is 0.387 e. The maximum absolute atomic E-state index is 12.0. The van der Waals surface area contributed by atoms with Crippen LogP contribution in [0.25, 0.3) is 0 Å². The summed E-state index contributed by atoms with van der Waals surface area (Å²) in [5, 5.41) is 0. The molecule has 94 valence electrons. The lowest BCUT2D eigenvalue weighted by molar-refractivity contribution is -0.0498. The Bertz CT molecular complexity index is 356. The average molecular weight is 242 g/mol. The van der Waals surface area contributed by atoms with Crippen LogP contribution in [0.15, 0.2) is 24.3 Å². The molecule has 17 heavy (non-hydrogen) atoms. The number of rotatable bonds is 3. The standard InChI is InChI=1S/C12H16F2N2O/c13-12(14)17-11-5-3-10(4-6-11)16-7-1-2-9(15)8-16/h3-6,9,12H,1-2,7-8,15H2/t9-/m0/s1. The first-order valence-corrected chi connectivity index (χ1v) is 5.70. The molecule has 0 spiro atoms. The number of nitrogens with two attached hydrogens (primary N) is 1. The molecule has 1 saturated heterocycles. The third kappa shape index (κ3) is 3.30. The van der Waals surface area contributed by atoms with Crippen LogP contribution in [0.3, 0.4) is 0 Å². The second kappa shape index (κ2) is 5.31. The van der Waals surface area contributed by atoms with Gasteiger partial charge in [-0.2, -0.15) is 8.78 Å². The summed E-state index contributed by atoms with van der Waals surface area (Å²) in [6, 6.07) is 6.88. The Morgan fingerprint density at radius 3 is 2.59 bits per heavy atom. The monoisotopic (exact) mass is 242 g/mol. The molecule has 5 heteroatoms. The molecule has 0 amide bonds. The SMILES string of the molecule is N[C@H]1CCCN(c2ccc(OC(F)F)cc2)C1. The molecule has 2 rings (SSSR count). The van der Waals surface area contributed by atoms with Crippen LogP contribution in [-0.4, -0.2) is 25.7 Å². The fourth-order valence-corrected chi connectivity index (χ4v) is 2.08. The number of benzene rings is 1. The fourth-order valence-electron chi connectivity index (χ4n) is 2.08. The lowest BCUT2D eigenvalue weighted by Crippen LogP contribution is -2.42. The van der Waals surface area contributed by atoms with Crippen molar-refractivity contribution in [1.29, 1.82) is 0 Å². The largest absolute Gasteiger partial charge is 0.435 e. The van der Waals surface area contributed by atoms with E-state index in [0.29, 0.717) is 0 Å². The first-order valence-electron chi connectivity index (χ1n) is 5.70. The first-order chi connectivity index (χ1) is 8.15. The molecule has 0 saturated carbocycles. The molecule has 1 aromatic carbocycles. The van der Waals surface area contributed by atoms with Crippen LogP contribution in [0, 0.1) is 0 Å². The summed E-state index contributed by atoms with van der Waals surface area (Å²) in [4.78, 5) is 2.17. The van der Waals surface area contributed by atoms with Gasteiger partial charge in [0.15, 0.2) is 0 Å². The maximum atomic E-state index is 12.0. The molecule has 0 aliphatic carbocycles. The van der Waals surface area contributed by atoms with Crippen molar-refractivity contribution in [3.8, 4) is 5.75 Å². The summed E-state index contributed by atoms with van der Waals surface area (Å²) >= 11 is 0. The molecule has 1 atom stereocenters. The molecule has 0 unspecified atom stereocenters. The number of hydrogen-bond donors (Lipinski definition) is 1. The lowest BCUT2D eigenvalue weighted by atomic mass is 10.1. The number of nitrogens with zero attached hydrogens (tertiary/aromatic N) is 1. The van der Waals surface area contributed by atoms with Crippen molar-refractivity contribution >= 4 is 5.69 Å². The van der Waals surface area contributed by atoms with E-state index in [4.69, 9.17) is 5.73 Å². The van der Waals surface area contributed by atoms with Gasteiger partial charge in [-0.15, -0.1) is 0 Å². The second-order valence-corrected chi connectivity index (χ2v) is 4.22. The molecule has 2 N–H and O–H groups in total. The second-order valence-electron chi connectivity index (χ2n) is 4.22. The summed E-state index contributed by atoms with van der Waals surface area (Å²) in [5.74, 6) is 0.185. The van der Waals surface area contributed by atoms with E-state index in [-0.39, 0.29) is 11.8 Å². The zero-order valence-electron chi connectivity index (χ0n) is 9.48. The van der Waals surface area contributed by atoms with Crippen LogP contribution >= 0.6 is 0 Å². The molecule has 1 heterocycles. The van der Waals surface area contributed by atoms with E-state index in [9.17, 15) is 8.78 Å². The van der Waals surface area contributed by atoms with Crippen molar-refractivity contribution in [2.45, 2.75) is 25.5 Å². The van der Waals surface area contributed by atoms with E-state index in [1.165, 1.54) is 0 Å². The summed E-state index contributed by atoms with van der Waals surface area (Å²) in [6.45, 7) is -0.998. The predicted octanol–water partition coefficient (Wildman–Crippen LogP) is 2.22. The third-order valence-corrected chi connectivity index (χ3v) is 2.88. The van der Waals surface area contributed by atoms with Crippen molar-refractivity contribution < 1.29 is 13.5 Å². The van der Waals surface area contributed by atoms with Crippen LogP contribution in [-0.2, 0) is 0 Å². The lowest BCUT2D eigenvalue weighted by Gasteiger charge is -2.32. The minimum atomic E-state index is -2.77. The van der Waals surface area contributed by atoms with Gasteiger partial charge in [0.1, 0.15) is 5.75 Å². The van der Waals surface area contributed by atoms with Crippen LogP contribution in [0.5, 0.6) is 5.75 Å². The Labute approximate surface area is 99.2 Å². The Kier molecular flexibility index (Phi) is 3.78. The van der Waals surface area contributed by atoms with E-state index in [1.807, 2.05) is 0 Å².